The summed E-state index contributed by atoms with van der Waals surface area (Å²) >= 11 is 0. The fourth-order valence-electron chi connectivity index (χ4n) is 6.14. The highest BCUT2D eigenvalue weighted by atomic mass is 15.0. The van der Waals surface area contributed by atoms with Crippen molar-refractivity contribution in [3.8, 4) is 22.5 Å². The Bertz CT molecular complexity index is 1840. The summed E-state index contributed by atoms with van der Waals surface area (Å²) in [5.41, 5.74) is 13.7. The zero-order valence-corrected chi connectivity index (χ0v) is 23.1. The molecule has 0 spiro atoms. The molecule has 194 valence electrons. The van der Waals surface area contributed by atoms with Crippen molar-refractivity contribution >= 4 is 46.1 Å². The molecule has 0 aliphatic carbocycles. The summed E-state index contributed by atoms with van der Waals surface area (Å²) in [6.45, 7) is 20.7. The third-order valence-electron chi connectivity index (χ3n) is 7.93. The Balaban J connectivity index is 1.47. The number of hydrogen-bond acceptors (Lipinski definition) is 0. The highest BCUT2D eigenvalue weighted by Gasteiger charge is 2.17. The molecule has 2 heteroatoms. The summed E-state index contributed by atoms with van der Waals surface area (Å²) < 4.78 is 4.55. The third-order valence-corrected chi connectivity index (χ3v) is 7.93. The van der Waals surface area contributed by atoms with Gasteiger partial charge in [0.1, 0.15) is 0 Å². The smallest absolute Gasteiger partial charge is 0.0541 e. The molecule has 0 bridgehead atoms. The van der Waals surface area contributed by atoms with Crippen LogP contribution in [-0.4, -0.2) is 9.13 Å². The summed E-state index contributed by atoms with van der Waals surface area (Å²) in [4.78, 5) is 0. The van der Waals surface area contributed by atoms with Gasteiger partial charge in [0.25, 0.3) is 0 Å². The molecule has 0 atom stereocenters. The van der Waals surface area contributed by atoms with Gasteiger partial charge in [-0.3, -0.25) is 0 Å². The number of rotatable bonds is 7. The van der Waals surface area contributed by atoms with Crippen LogP contribution >= 0.6 is 0 Å². The van der Waals surface area contributed by atoms with Crippen molar-refractivity contribution in [1.82, 2.24) is 9.13 Å². The maximum Gasteiger partial charge on any atom is 0.0541 e. The van der Waals surface area contributed by atoms with Crippen LogP contribution in [0.1, 0.15) is 33.6 Å². The van der Waals surface area contributed by atoms with Gasteiger partial charge in [-0.1, -0.05) is 87.0 Å². The zero-order valence-electron chi connectivity index (χ0n) is 23.1. The maximum atomic E-state index is 4.11. The van der Waals surface area contributed by atoms with Gasteiger partial charge in [-0.2, -0.15) is 0 Å². The lowest BCUT2D eigenvalue weighted by atomic mass is 9.95. The minimum absolute atomic E-state index is 1.06. The first-order valence-electron chi connectivity index (χ1n) is 13.5. The molecule has 2 heterocycles. The van der Waals surface area contributed by atoms with Crippen LogP contribution in [0.3, 0.4) is 0 Å². The SMILES string of the molecule is C=Cc1c(C=C)n(-c2ccc(-c3ccc(-n4c(C=C)c(C=C)c5ccccc54)cc3C)c(C)c2)c2ccccc12. The lowest BCUT2D eigenvalue weighted by Gasteiger charge is -2.16. The molecule has 6 rings (SSSR count). The fraction of sp³-hybridized carbons (Fsp3) is 0.0526. The van der Waals surface area contributed by atoms with E-state index in [0.717, 1.165) is 44.9 Å². The van der Waals surface area contributed by atoms with Gasteiger partial charge >= 0.3 is 0 Å². The highest BCUT2D eigenvalue weighted by Crippen LogP contribution is 2.36. The molecular formula is C38H32N2. The van der Waals surface area contributed by atoms with E-state index >= 15 is 0 Å². The normalized spacial score (nSPS) is 11.2. The molecular weight excluding hydrogens is 484 g/mol. The van der Waals surface area contributed by atoms with Crippen molar-refractivity contribution in [2.24, 2.45) is 0 Å². The summed E-state index contributed by atoms with van der Waals surface area (Å²) in [5.74, 6) is 0. The monoisotopic (exact) mass is 516 g/mol. The Morgan fingerprint density at radius 2 is 0.900 bits per heavy atom. The van der Waals surface area contributed by atoms with Gasteiger partial charge in [0, 0.05) is 33.3 Å². The largest absolute Gasteiger partial charge is 0.309 e. The lowest BCUT2D eigenvalue weighted by Crippen LogP contribution is -2.00. The predicted molar refractivity (Wildman–Crippen MR) is 175 cm³/mol. The van der Waals surface area contributed by atoms with E-state index in [1.165, 1.54) is 33.0 Å². The van der Waals surface area contributed by atoms with Crippen LogP contribution in [0.5, 0.6) is 0 Å². The maximum absolute atomic E-state index is 4.11. The van der Waals surface area contributed by atoms with Gasteiger partial charge in [0.15, 0.2) is 0 Å². The van der Waals surface area contributed by atoms with Crippen LogP contribution in [-0.2, 0) is 0 Å². The summed E-state index contributed by atoms with van der Waals surface area (Å²) in [6, 6.07) is 30.3. The number of hydrogen-bond donors (Lipinski definition) is 0. The molecule has 0 amide bonds. The Hall–Kier alpha value is -5.08. The first-order valence-corrected chi connectivity index (χ1v) is 13.5. The first-order chi connectivity index (χ1) is 19.5. The van der Waals surface area contributed by atoms with Gasteiger partial charge in [0.2, 0.25) is 0 Å². The van der Waals surface area contributed by atoms with Crippen LogP contribution in [0.4, 0.5) is 0 Å². The molecule has 0 fully saturated rings. The van der Waals surface area contributed by atoms with Crippen LogP contribution < -0.4 is 0 Å². The Morgan fingerprint density at radius 3 is 1.25 bits per heavy atom. The molecule has 40 heavy (non-hydrogen) atoms. The molecule has 0 saturated carbocycles. The van der Waals surface area contributed by atoms with Gasteiger partial charge in [0.05, 0.1) is 22.4 Å². The average molecular weight is 517 g/mol. The molecule has 0 unspecified atom stereocenters. The number of para-hydroxylation sites is 2. The van der Waals surface area contributed by atoms with Crippen molar-refractivity contribution in [2.45, 2.75) is 13.8 Å². The van der Waals surface area contributed by atoms with Crippen molar-refractivity contribution in [1.29, 1.82) is 0 Å². The van der Waals surface area contributed by atoms with Gasteiger partial charge in [-0.25, -0.2) is 0 Å². The minimum Gasteiger partial charge on any atom is -0.309 e. The lowest BCUT2D eigenvalue weighted by molar-refractivity contribution is 1.10. The molecule has 2 aromatic heterocycles. The molecule has 4 aromatic carbocycles. The molecule has 0 aliphatic rings. The number of nitrogens with zero attached hydrogens (tertiary/aromatic N) is 2. The Labute approximate surface area is 236 Å². The number of aromatic nitrogens is 2. The number of aryl methyl sites for hydroxylation is 2. The van der Waals surface area contributed by atoms with Crippen LogP contribution in [0, 0.1) is 13.8 Å². The van der Waals surface area contributed by atoms with Crippen LogP contribution in [0.25, 0.3) is 68.6 Å². The van der Waals surface area contributed by atoms with E-state index in [9.17, 15) is 0 Å². The Kier molecular flexibility index (Phi) is 6.24. The van der Waals surface area contributed by atoms with E-state index in [-0.39, 0.29) is 0 Å². The highest BCUT2D eigenvalue weighted by molar-refractivity contribution is 5.96. The Morgan fingerprint density at radius 1 is 0.500 bits per heavy atom. The zero-order chi connectivity index (χ0) is 28.0. The third kappa shape index (κ3) is 3.72. The van der Waals surface area contributed by atoms with Crippen molar-refractivity contribution in [3.63, 3.8) is 0 Å². The summed E-state index contributed by atoms with van der Waals surface area (Å²) in [6.07, 6.45) is 7.68. The van der Waals surface area contributed by atoms with Crippen LogP contribution in [0.2, 0.25) is 0 Å². The first kappa shape index (κ1) is 25.2. The second kappa shape index (κ2) is 9.91. The van der Waals surface area contributed by atoms with E-state index < -0.39 is 0 Å². The molecule has 6 aromatic rings. The summed E-state index contributed by atoms with van der Waals surface area (Å²) in [5, 5.41) is 2.35. The topological polar surface area (TPSA) is 9.86 Å². The van der Waals surface area contributed by atoms with Gasteiger partial charge < -0.3 is 9.13 Å². The van der Waals surface area contributed by atoms with Crippen molar-refractivity contribution in [2.75, 3.05) is 0 Å². The second-order valence-corrected chi connectivity index (χ2v) is 10.1. The molecule has 0 aliphatic heterocycles. The van der Waals surface area contributed by atoms with E-state index in [2.05, 4.69) is 134 Å². The molecule has 0 saturated heterocycles. The van der Waals surface area contributed by atoms with Crippen molar-refractivity contribution < 1.29 is 0 Å². The summed E-state index contributed by atoms with van der Waals surface area (Å²) in [7, 11) is 0. The predicted octanol–water partition coefficient (Wildman–Crippen LogP) is 10.4. The van der Waals surface area contributed by atoms with E-state index in [1.807, 2.05) is 24.3 Å². The van der Waals surface area contributed by atoms with E-state index in [4.69, 9.17) is 0 Å². The molecule has 0 N–H and O–H groups in total. The van der Waals surface area contributed by atoms with Gasteiger partial charge in [-0.15, -0.1) is 0 Å². The van der Waals surface area contributed by atoms with Crippen LogP contribution in [0.15, 0.2) is 111 Å². The van der Waals surface area contributed by atoms with Crippen molar-refractivity contribution in [3.05, 3.63) is 145 Å². The average Bonchev–Trinajstić information content (AvgIpc) is 3.49. The molecule has 0 radical (unpaired) electrons. The van der Waals surface area contributed by atoms with E-state index in [0.29, 0.717) is 0 Å². The standard InChI is InChI=1S/C38H32N2/c1-7-29-33-15-11-13-17-37(33)39(35(29)9-3)27-19-21-31(25(5)23-27)32-22-20-28(24-26(32)6)40-36(10-4)30(8-2)34-16-12-14-18-38(34)40/h7-24H,1-4H2,5-6H3. The quantitative estimate of drug-likeness (QED) is 0.200. The minimum atomic E-state index is 1.06. The van der Waals surface area contributed by atoms with E-state index in [1.54, 1.807) is 0 Å². The van der Waals surface area contributed by atoms with Gasteiger partial charge in [-0.05, 0) is 84.7 Å². The number of fused-ring (bicyclic) bond motifs is 2. The number of benzene rings is 4. The molecule has 2 nitrogen and oxygen atoms in total. The second-order valence-electron chi connectivity index (χ2n) is 10.1. The fourth-order valence-corrected chi connectivity index (χ4v) is 6.14.